The predicted octanol–water partition coefficient (Wildman–Crippen LogP) is 1.02. The lowest BCUT2D eigenvalue weighted by atomic mass is 10.2. The number of nitrogens with zero attached hydrogens (tertiary/aromatic N) is 1. The number of nitrogens with two attached hydrogens (primary N) is 1. The van der Waals surface area contributed by atoms with Crippen LogP contribution >= 0.6 is 0 Å². The van der Waals surface area contributed by atoms with Crippen molar-refractivity contribution in [2.24, 2.45) is 7.05 Å². The normalized spacial score (nSPS) is 12.9. The summed E-state index contributed by atoms with van der Waals surface area (Å²) in [5.74, 6) is 1.71. The molecule has 0 bridgehead atoms. The molecule has 0 aliphatic carbocycles. The summed E-state index contributed by atoms with van der Waals surface area (Å²) in [7, 11) is 2.07. The second kappa shape index (κ2) is 4.74. The summed E-state index contributed by atoms with van der Waals surface area (Å²) in [6.45, 7) is 2.27. The molecule has 0 unspecified atom stereocenters. The van der Waals surface area contributed by atoms with Crippen molar-refractivity contribution in [3.05, 3.63) is 47.8 Å². The fraction of sp³-hybridized carbons (Fsp3) is 0.286. The van der Waals surface area contributed by atoms with Crippen LogP contribution in [0.2, 0.25) is 0 Å². The minimum atomic E-state index is 0.339. The summed E-state index contributed by atoms with van der Waals surface area (Å²) in [5.41, 5.74) is 2.59. The second-order valence-corrected chi connectivity index (χ2v) is 4.49. The first-order valence-corrected chi connectivity index (χ1v) is 6.13. The molecule has 1 aromatic heterocycles. The highest BCUT2D eigenvalue weighted by Crippen LogP contribution is 2.32. The van der Waals surface area contributed by atoms with Crippen LogP contribution in [-0.2, 0) is 20.1 Å². The SMILES string of the molecule is Cn1cccc1C[NH2+]Cc1ccc2c(c1)OCO2. The van der Waals surface area contributed by atoms with Gasteiger partial charge in [-0.2, -0.15) is 0 Å². The Morgan fingerprint density at radius 1 is 1.17 bits per heavy atom. The molecule has 1 aromatic carbocycles. The summed E-state index contributed by atoms with van der Waals surface area (Å²) in [4.78, 5) is 0. The molecule has 0 radical (unpaired) electrons. The number of fused-ring (bicyclic) bond motifs is 1. The topological polar surface area (TPSA) is 40.0 Å². The fourth-order valence-corrected chi connectivity index (χ4v) is 2.16. The first-order chi connectivity index (χ1) is 8.83. The van der Waals surface area contributed by atoms with E-state index in [9.17, 15) is 0 Å². The van der Waals surface area contributed by atoms with Gasteiger partial charge in [0.15, 0.2) is 11.5 Å². The minimum absolute atomic E-state index is 0.339. The van der Waals surface area contributed by atoms with Crippen LogP contribution < -0.4 is 14.8 Å². The zero-order valence-electron chi connectivity index (χ0n) is 10.4. The van der Waals surface area contributed by atoms with E-state index in [4.69, 9.17) is 9.47 Å². The highest BCUT2D eigenvalue weighted by atomic mass is 16.7. The number of quaternary nitrogens is 1. The molecule has 4 heteroatoms. The Hall–Kier alpha value is -1.94. The summed E-state index contributed by atoms with van der Waals surface area (Å²) in [6.07, 6.45) is 2.07. The van der Waals surface area contributed by atoms with Crippen LogP contribution in [0.1, 0.15) is 11.3 Å². The molecule has 0 fully saturated rings. The summed E-state index contributed by atoms with van der Waals surface area (Å²) in [6, 6.07) is 10.4. The van der Waals surface area contributed by atoms with Gasteiger partial charge >= 0.3 is 0 Å². The van der Waals surface area contributed by atoms with E-state index in [2.05, 4.69) is 47.4 Å². The zero-order valence-corrected chi connectivity index (χ0v) is 10.4. The Kier molecular flexibility index (Phi) is 2.94. The highest BCUT2D eigenvalue weighted by molar-refractivity contribution is 5.44. The van der Waals surface area contributed by atoms with E-state index in [1.807, 2.05) is 6.07 Å². The van der Waals surface area contributed by atoms with Gasteiger partial charge in [0, 0.05) is 18.8 Å². The molecule has 0 spiro atoms. The van der Waals surface area contributed by atoms with E-state index in [1.165, 1.54) is 11.3 Å². The maximum Gasteiger partial charge on any atom is 0.231 e. The number of rotatable bonds is 4. The third-order valence-electron chi connectivity index (χ3n) is 3.22. The molecule has 0 atom stereocenters. The van der Waals surface area contributed by atoms with Gasteiger partial charge in [0.2, 0.25) is 6.79 Å². The molecule has 4 nitrogen and oxygen atoms in total. The van der Waals surface area contributed by atoms with Crippen molar-refractivity contribution in [3.63, 3.8) is 0 Å². The molecule has 0 amide bonds. The van der Waals surface area contributed by atoms with Gasteiger partial charge in [-0.15, -0.1) is 0 Å². The number of aromatic nitrogens is 1. The van der Waals surface area contributed by atoms with Crippen molar-refractivity contribution >= 4 is 0 Å². The van der Waals surface area contributed by atoms with Gasteiger partial charge in [0.05, 0.1) is 5.69 Å². The first-order valence-electron chi connectivity index (χ1n) is 6.13. The van der Waals surface area contributed by atoms with Crippen LogP contribution in [0.15, 0.2) is 36.5 Å². The number of aryl methyl sites for hydroxylation is 1. The van der Waals surface area contributed by atoms with Crippen molar-refractivity contribution in [2.75, 3.05) is 6.79 Å². The van der Waals surface area contributed by atoms with Crippen LogP contribution in [-0.4, -0.2) is 11.4 Å². The van der Waals surface area contributed by atoms with E-state index >= 15 is 0 Å². The number of ether oxygens (including phenoxy) is 2. The lowest BCUT2D eigenvalue weighted by Crippen LogP contribution is -2.81. The fourth-order valence-electron chi connectivity index (χ4n) is 2.16. The van der Waals surface area contributed by atoms with E-state index in [-0.39, 0.29) is 0 Å². The van der Waals surface area contributed by atoms with E-state index < -0.39 is 0 Å². The molecule has 94 valence electrons. The van der Waals surface area contributed by atoms with Crippen molar-refractivity contribution < 1.29 is 14.8 Å². The second-order valence-electron chi connectivity index (χ2n) is 4.49. The lowest BCUT2D eigenvalue weighted by molar-refractivity contribution is -0.687. The Morgan fingerprint density at radius 2 is 2.06 bits per heavy atom. The van der Waals surface area contributed by atoms with Crippen molar-refractivity contribution in [1.29, 1.82) is 0 Å². The van der Waals surface area contributed by atoms with Crippen LogP contribution in [0.4, 0.5) is 0 Å². The standard InChI is InChI=1S/C14H16N2O2/c1-16-6-2-3-12(16)9-15-8-11-4-5-13-14(7-11)18-10-17-13/h2-7,15H,8-10H2,1H3/p+1. The average molecular weight is 245 g/mol. The Bertz CT molecular complexity index is 548. The lowest BCUT2D eigenvalue weighted by Gasteiger charge is -2.04. The Balaban J connectivity index is 1.59. The van der Waals surface area contributed by atoms with E-state index in [0.29, 0.717) is 6.79 Å². The van der Waals surface area contributed by atoms with Gasteiger partial charge in [-0.3, -0.25) is 0 Å². The number of hydrogen-bond donors (Lipinski definition) is 1. The Labute approximate surface area is 106 Å². The molecule has 18 heavy (non-hydrogen) atoms. The van der Waals surface area contributed by atoms with Gasteiger partial charge in [0.1, 0.15) is 13.1 Å². The third-order valence-corrected chi connectivity index (χ3v) is 3.22. The Morgan fingerprint density at radius 3 is 2.89 bits per heavy atom. The molecule has 2 heterocycles. The highest BCUT2D eigenvalue weighted by Gasteiger charge is 2.13. The van der Waals surface area contributed by atoms with Crippen molar-refractivity contribution in [2.45, 2.75) is 13.1 Å². The van der Waals surface area contributed by atoms with E-state index in [1.54, 1.807) is 0 Å². The molecule has 1 aliphatic heterocycles. The largest absolute Gasteiger partial charge is 0.454 e. The van der Waals surface area contributed by atoms with E-state index in [0.717, 1.165) is 24.6 Å². The minimum Gasteiger partial charge on any atom is -0.454 e. The predicted molar refractivity (Wildman–Crippen MR) is 67.3 cm³/mol. The number of hydrogen-bond acceptors (Lipinski definition) is 2. The summed E-state index contributed by atoms with van der Waals surface area (Å²) in [5, 5.41) is 2.28. The summed E-state index contributed by atoms with van der Waals surface area (Å²) < 4.78 is 12.8. The zero-order chi connectivity index (χ0) is 12.4. The molecule has 1 aliphatic rings. The molecular weight excluding hydrogens is 228 g/mol. The summed E-state index contributed by atoms with van der Waals surface area (Å²) >= 11 is 0. The quantitative estimate of drug-likeness (QED) is 0.873. The average Bonchev–Trinajstić information content (AvgIpc) is 2.98. The van der Waals surface area contributed by atoms with Crippen LogP contribution in [0.3, 0.4) is 0 Å². The maximum atomic E-state index is 5.37. The molecule has 2 aromatic rings. The van der Waals surface area contributed by atoms with Crippen molar-refractivity contribution in [1.82, 2.24) is 4.57 Å². The third kappa shape index (κ3) is 2.19. The van der Waals surface area contributed by atoms with Gasteiger partial charge in [-0.25, -0.2) is 0 Å². The number of benzene rings is 1. The van der Waals surface area contributed by atoms with Gasteiger partial charge in [0.25, 0.3) is 0 Å². The monoisotopic (exact) mass is 245 g/mol. The van der Waals surface area contributed by atoms with Crippen LogP contribution in [0.5, 0.6) is 11.5 Å². The molecule has 2 N–H and O–H groups in total. The maximum absolute atomic E-state index is 5.37. The van der Waals surface area contributed by atoms with Gasteiger partial charge < -0.3 is 19.4 Å². The van der Waals surface area contributed by atoms with Gasteiger partial charge in [-0.05, 0) is 30.3 Å². The smallest absolute Gasteiger partial charge is 0.231 e. The van der Waals surface area contributed by atoms with Crippen LogP contribution in [0.25, 0.3) is 0 Å². The molecule has 0 saturated heterocycles. The van der Waals surface area contributed by atoms with Crippen LogP contribution in [0, 0.1) is 0 Å². The van der Waals surface area contributed by atoms with Gasteiger partial charge in [-0.1, -0.05) is 0 Å². The molecule has 3 rings (SSSR count). The molecule has 0 saturated carbocycles. The van der Waals surface area contributed by atoms with Crippen molar-refractivity contribution in [3.8, 4) is 11.5 Å². The molecular formula is C14H17N2O2+. The first kappa shape index (κ1) is 11.2.